The molecule has 16 heavy (non-hydrogen) atoms. The van der Waals surface area contributed by atoms with Crippen LogP contribution >= 0.6 is 0 Å². The van der Waals surface area contributed by atoms with Crippen molar-refractivity contribution in [1.29, 1.82) is 0 Å². The molecule has 0 amide bonds. The zero-order valence-electron chi connectivity index (χ0n) is 9.65. The van der Waals surface area contributed by atoms with Gasteiger partial charge in [0.15, 0.2) is 0 Å². The Bertz CT molecular complexity index is 361. The number of ether oxygens (including phenoxy) is 1. The van der Waals surface area contributed by atoms with Gasteiger partial charge in [-0.05, 0) is 29.7 Å². The van der Waals surface area contributed by atoms with E-state index in [0.717, 1.165) is 12.0 Å². The van der Waals surface area contributed by atoms with Crippen molar-refractivity contribution in [2.75, 3.05) is 6.54 Å². The molecule has 2 rings (SSSR count). The lowest BCUT2D eigenvalue weighted by atomic mass is 9.92. The van der Waals surface area contributed by atoms with Crippen molar-refractivity contribution < 1.29 is 9.84 Å². The molecule has 0 fully saturated rings. The second kappa shape index (κ2) is 4.95. The van der Waals surface area contributed by atoms with Gasteiger partial charge in [-0.2, -0.15) is 0 Å². The Labute approximate surface area is 96.2 Å². The number of aliphatic hydroxyl groups is 1. The predicted octanol–water partition coefficient (Wildman–Crippen LogP) is 1.74. The summed E-state index contributed by atoms with van der Waals surface area (Å²) in [5.74, 6) is 0.139. The lowest BCUT2D eigenvalue weighted by molar-refractivity contribution is 0.110. The smallest absolute Gasteiger partial charge is 0.0830 e. The van der Waals surface area contributed by atoms with Crippen LogP contribution in [-0.2, 0) is 18.0 Å². The first-order valence-electron chi connectivity index (χ1n) is 5.83. The first-order chi connectivity index (χ1) is 7.76. The number of fused-ring (bicyclic) bond motifs is 1. The zero-order chi connectivity index (χ0) is 11.5. The van der Waals surface area contributed by atoms with E-state index in [4.69, 9.17) is 10.5 Å². The van der Waals surface area contributed by atoms with E-state index >= 15 is 0 Å². The molecule has 1 aromatic carbocycles. The summed E-state index contributed by atoms with van der Waals surface area (Å²) in [7, 11) is 0. The van der Waals surface area contributed by atoms with E-state index in [9.17, 15) is 5.11 Å². The van der Waals surface area contributed by atoms with Crippen molar-refractivity contribution in [3.63, 3.8) is 0 Å². The van der Waals surface area contributed by atoms with Crippen LogP contribution in [0.2, 0.25) is 0 Å². The van der Waals surface area contributed by atoms with Crippen LogP contribution < -0.4 is 5.73 Å². The average Bonchev–Trinajstić information content (AvgIpc) is 2.77. The Kier molecular flexibility index (Phi) is 3.59. The minimum Gasteiger partial charge on any atom is -0.388 e. The molecule has 0 spiro atoms. The van der Waals surface area contributed by atoms with Crippen LogP contribution in [0, 0.1) is 5.92 Å². The van der Waals surface area contributed by atoms with E-state index in [1.807, 2.05) is 18.2 Å². The summed E-state index contributed by atoms with van der Waals surface area (Å²) in [5.41, 5.74) is 9.04. The molecule has 1 aliphatic rings. The van der Waals surface area contributed by atoms with E-state index in [1.54, 1.807) is 0 Å². The van der Waals surface area contributed by atoms with Gasteiger partial charge in [0.25, 0.3) is 0 Å². The Hall–Kier alpha value is -0.900. The first-order valence-corrected chi connectivity index (χ1v) is 5.83. The molecule has 0 bridgehead atoms. The second-order valence-corrected chi connectivity index (χ2v) is 4.37. The molecule has 3 nitrogen and oxygen atoms in total. The molecule has 0 radical (unpaired) electrons. The molecule has 2 atom stereocenters. The van der Waals surface area contributed by atoms with Crippen LogP contribution in [0.15, 0.2) is 18.2 Å². The molecule has 2 unspecified atom stereocenters. The quantitative estimate of drug-likeness (QED) is 0.814. The Morgan fingerprint density at radius 2 is 2.12 bits per heavy atom. The highest BCUT2D eigenvalue weighted by Crippen LogP contribution is 2.28. The summed E-state index contributed by atoms with van der Waals surface area (Å²) >= 11 is 0. The van der Waals surface area contributed by atoms with Gasteiger partial charge in [-0.1, -0.05) is 25.1 Å². The van der Waals surface area contributed by atoms with Gasteiger partial charge in [-0.3, -0.25) is 0 Å². The summed E-state index contributed by atoms with van der Waals surface area (Å²) in [5, 5.41) is 10.2. The molecule has 88 valence electrons. The van der Waals surface area contributed by atoms with Crippen molar-refractivity contribution in [3.8, 4) is 0 Å². The van der Waals surface area contributed by atoms with Gasteiger partial charge in [-0.25, -0.2) is 0 Å². The zero-order valence-corrected chi connectivity index (χ0v) is 9.65. The summed E-state index contributed by atoms with van der Waals surface area (Å²) < 4.78 is 5.36. The highest BCUT2D eigenvalue weighted by Gasteiger charge is 2.20. The van der Waals surface area contributed by atoms with Crippen molar-refractivity contribution in [2.24, 2.45) is 11.7 Å². The number of nitrogens with two attached hydrogens (primary N) is 1. The molecular formula is C13H19NO2. The predicted molar refractivity (Wildman–Crippen MR) is 62.7 cm³/mol. The lowest BCUT2D eigenvalue weighted by Crippen LogP contribution is -2.21. The third-order valence-corrected chi connectivity index (χ3v) is 3.36. The molecule has 0 aliphatic carbocycles. The van der Waals surface area contributed by atoms with Crippen LogP contribution in [0.5, 0.6) is 0 Å². The van der Waals surface area contributed by atoms with Crippen molar-refractivity contribution in [3.05, 3.63) is 34.9 Å². The summed E-state index contributed by atoms with van der Waals surface area (Å²) in [4.78, 5) is 0. The highest BCUT2D eigenvalue weighted by molar-refractivity contribution is 5.34. The van der Waals surface area contributed by atoms with Gasteiger partial charge in [-0.15, -0.1) is 0 Å². The molecule has 3 heteroatoms. The van der Waals surface area contributed by atoms with E-state index in [1.165, 1.54) is 11.1 Å². The van der Waals surface area contributed by atoms with Crippen LogP contribution in [0.1, 0.15) is 36.1 Å². The Balaban J connectivity index is 2.20. The molecular weight excluding hydrogens is 202 g/mol. The van der Waals surface area contributed by atoms with Gasteiger partial charge in [0.05, 0.1) is 19.3 Å². The third-order valence-electron chi connectivity index (χ3n) is 3.36. The maximum absolute atomic E-state index is 10.2. The highest BCUT2D eigenvalue weighted by atomic mass is 16.5. The maximum atomic E-state index is 10.2. The summed E-state index contributed by atoms with van der Waals surface area (Å²) in [6, 6.07) is 6.08. The van der Waals surface area contributed by atoms with Crippen LogP contribution in [0.4, 0.5) is 0 Å². The molecule has 1 aliphatic heterocycles. The number of benzene rings is 1. The SMILES string of the molecule is CCC(CN)C(O)c1ccc2c(c1)COC2. The summed E-state index contributed by atoms with van der Waals surface area (Å²) in [6.07, 6.45) is 0.437. The first kappa shape index (κ1) is 11.6. The van der Waals surface area contributed by atoms with Crippen LogP contribution in [0.25, 0.3) is 0 Å². The second-order valence-electron chi connectivity index (χ2n) is 4.37. The van der Waals surface area contributed by atoms with Crippen LogP contribution in [0.3, 0.4) is 0 Å². The number of rotatable bonds is 4. The maximum Gasteiger partial charge on any atom is 0.0830 e. The van der Waals surface area contributed by atoms with Crippen molar-refractivity contribution in [2.45, 2.75) is 32.7 Å². The number of aliphatic hydroxyl groups excluding tert-OH is 1. The molecule has 0 aromatic heterocycles. The number of hydrogen-bond acceptors (Lipinski definition) is 3. The fraction of sp³-hybridized carbons (Fsp3) is 0.538. The van der Waals surface area contributed by atoms with Crippen molar-refractivity contribution in [1.82, 2.24) is 0 Å². The monoisotopic (exact) mass is 221 g/mol. The van der Waals surface area contributed by atoms with E-state index in [-0.39, 0.29) is 5.92 Å². The minimum absolute atomic E-state index is 0.139. The van der Waals surface area contributed by atoms with Crippen molar-refractivity contribution >= 4 is 0 Å². The summed E-state index contributed by atoms with van der Waals surface area (Å²) in [6.45, 7) is 3.93. The Morgan fingerprint density at radius 3 is 2.81 bits per heavy atom. The topological polar surface area (TPSA) is 55.5 Å². The van der Waals surface area contributed by atoms with Crippen LogP contribution in [-0.4, -0.2) is 11.7 Å². The molecule has 1 heterocycles. The minimum atomic E-state index is -0.458. The molecule has 0 saturated heterocycles. The van der Waals surface area contributed by atoms with Gasteiger partial charge < -0.3 is 15.6 Å². The fourth-order valence-corrected chi connectivity index (χ4v) is 2.17. The fourth-order valence-electron chi connectivity index (χ4n) is 2.17. The van der Waals surface area contributed by atoms with Gasteiger partial charge in [0.1, 0.15) is 0 Å². The van der Waals surface area contributed by atoms with E-state index < -0.39 is 6.10 Å². The van der Waals surface area contributed by atoms with Gasteiger partial charge >= 0.3 is 0 Å². The third kappa shape index (κ3) is 2.12. The molecule has 3 N–H and O–H groups in total. The molecule has 1 aromatic rings. The molecule has 0 saturated carbocycles. The Morgan fingerprint density at radius 1 is 1.38 bits per heavy atom. The standard InChI is InChI=1S/C13H19NO2/c1-2-9(6-14)13(15)10-3-4-11-7-16-8-12(11)5-10/h3-5,9,13,15H,2,6-8,14H2,1H3. The van der Waals surface area contributed by atoms with E-state index in [0.29, 0.717) is 19.8 Å². The number of hydrogen-bond donors (Lipinski definition) is 2. The van der Waals surface area contributed by atoms with Gasteiger partial charge in [0.2, 0.25) is 0 Å². The van der Waals surface area contributed by atoms with E-state index in [2.05, 4.69) is 6.92 Å². The van der Waals surface area contributed by atoms with Gasteiger partial charge in [0, 0.05) is 5.92 Å². The lowest BCUT2D eigenvalue weighted by Gasteiger charge is -2.20. The largest absolute Gasteiger partial charge is 0.388 e. The normalized spacial score (nSPS) is 18.2. The average molecular weight is 221 g/mol.